The second kappa shape index (κ2) is 11.8. The third-order valence-electron chi connectivity index (χ3n) is 4.99. The highest BCUT2D eigenvalue weighted by atomic mass is 127. The number of hydrogen-bond donors (Lipinski definition) is 1. The summed E-state index contributed by atoms with van der Waals surface area (Å²) in [6.45, 7) is 5.76. The van der Waals surface area contributed by atoms with Gasteiger partial charge in [0.2, 0.25) is 0 Å². The Morgan fingerprint density at radius 3 is 2.37 bits per heavy atom. The number of barbiturate groups is 1. The van der Waals surface area contributed by atoms with Crippen LogP contribution in [0.5, 0.6) is 11.5 Å². The van der Waals surface area contributed by atoms with Crippen LogP contribution in [0.15, 0.2) is 42.0 Å². The number of halogens is 1. The Kier molecular flexibility index (Phi) is 8.85. The molecular weight excluding hydrogens is 567 g/mol. The maximum atomic E-state index is 13.2. The van der Waals surface area contributed by atoms with Crippen LogP contribution in [0.1, 0.15) is 31.9 Å². The lowest BCUT2D eigenvalue weighted by atomic mass is 10.1. The summed E-state index contributed by atoms with van der Waals surface area (Å²) in [6.07, 6.45) is 2.20. The molecule has 2 aromatic rings. The number of hydrogen-bond acceptors (Lipinski definition) is 7. The molecule has 184 valence electrons. The van der Waals surface area contributed by atoms with Gasteiger partial charge < -0.3 is 14.2 Å². The Morgan fingerprint density at radius 1 is 1.03 bits per heavy atom. The average molecular weight is 592 g/mol. The summed E-state index contributed by atoms with van der Waals surface area (Å²) in [7, 11) is 0. The van der Waals surface area contributed by atoms with Crippen LogP contribution in [0.25, 0.3) is 6.08 Å². The smallest absolute Gasteiger partial charge is 0.344 e. The Hall–Kier alpha value is -3.41. The van der Waals surface area contributed by atoms with Gasteiger partial charge in [0.25, 0.3) is 11.8 Å². The van der Waals surface area contributed by atoms with Crippen LogP contribution >= 0.6 is 22.6 Å². The molecule has 3 rings (SSSR count). The summed E-state index contributed by atoms with van der Waals surface area (Å²) in [5.41, 5.74) is 1.68. The van der Waals surface area contributed by atoms with Crippen molar-refractivity contribution in [1.29, 1.82) is 0 Å². The van der Waals surface area contributed by atoms with Gasteiger partial charge in [-0.1, -0.05) is 19.1 Å². The topological polar surface area (TPSA) is 111 Å². The minimum Gasteiger partial charge on any atom is -0.490 e. The van der Waals surface area contributed by atoms with Crippen molar-refractivity contribution in [3.63, 3.8) is 0 Å². The van der Waals surface area contributed by atoms with Crippen molar-refractivity contribution in [1.82, 2.24) is 5.32 Å². The number of anilines is 1. The number of esters is 1. The number of rotatable bonds is 9. The van der Waals surface area contributed by atoms with Crippen LogP contribution in [0.4, 0.5) is 10.5 Å². The summed E-state index contributed by atoms with van der Waals surface area (Å²) in [5.74, 6) is -1.37. The number of nitrogens with one attached hydrogen (secondary N) is 1. The fourth-order valence-electron chi connectivity index (χ4n) is 3.35. The summed E-state index contributed by atoms with van der Waals surface area (Å²) >= 11 is 2.01. The van der Waals surface area contributed by atoms with Crippen LogP contribution in [0, 0.1) is 3.57 Å². The van der Waals surface area contributed by atoms with Gasteiger partial charge in [0.1, 0.15) is 5.57 Å². The van der Waals surface area contributed by atoms with E-state index in [1.54, 1.807) is 38.1 Å². The van der Waals surface area contributed by atoms with Gasteiger partial charge in [-0.05, 0) is 84.3 Å². The van der Waals surface area contributed by atoms with Crippen molar-refractivity contribution in [3.8, 4) is 11.5 Å². The van der Waals surface area contributed by atoms with Crippen molar-refractivity contribution in [2.75, 3.05) is 24.7 Å². The van der Waals surface area contributed by atoms with E-state index in [0.717, 1.165) is 16.9 Å². The molecule has 0 radical (unpaired) electrons. The zero-order chi connectivity index (χ0) is 25.5. The Labute approximate surface area is 216 Å². The fourth-order valence-corrected chi connectivity index (χ4v) is 4.13. The Bertz CT molecular complexity index is 1180. The predicted octanol–water partition coefficient (Wildman–Crippen LogP) is 3.86. The molecule has 1 aliphatic heterocycles. The monoisotopic (exact) mass is 592 g/mol. The van der Waals surface area contributed by atoms with E-state index in [9.17, 15) is 19.2 Å². The lowest BCUT2D eigenvalue weighted by molar-refractivity contribution is -0.145. The highest BCUT2D eigenvalue weighted by Gasteiger charge is 2.36. The van der Waals surface area contributed by atoms with Gasteiger partial charge in [0.15, 0.2) is 18.1 Å². The average Bonchev–Trinajstić information content (AvgIpc) is 2.82. The van der Waals surface area contributed by atoms with E-state index < -0.39 is 23.8 Å². The van der Waals surface area contributed by atoms with Gasteiger partial charge in [-0.25, -0.2) is 14.5 Å². The first-order chi connectivity index (χ1) is 16.8. The second-order valence-electron chi connectivity index (χ2n) is 7.33. The third-order valence-corrected chi connectivity index (χ3v) is 5.79. The molecule has 0 aromatic heterocycles. The molecule has 4 amide bonds. The third kappa shape index (κ3) is 6.18. The number of carbonyl (C=O) groups excluding carboxylic acids is 4. The molecule has 9 nitrogen and oxygen atoms in total. The van der Waals surface area contributed by atoms with Gasteiger partial charge in [-0.2, -0.15) is 0 Å². The molecule has 35 heavy (non-hydrogen) atoms. The number of benzene rings is 2. The summed E-state index contributed by atoms with van der Waals surface area (Å²) < 4.78 is 16.7. The predicted molar refractivity (Wildman–Crippen MR) is 137 cm³/mol. The van der Waals surface area contributed by atoms with Crippen LogP contribution in [-0.2, 0) is 25.5 Å². The number of imide groups is 2. The summed E-state index contributed by atoms with van der Waals surface area (Å²) in [4.78, 5) is 50.8. The number of amides is 4. The minimum absolute atomic E-state index is 0.206. The highest BCUT2D eigenvalue weighted by molar-refractivity contribution is 14.1. The molecule has 10 heteroatoms. The lowest BCUT2D eigenvalue weighted by Crippen LogP contribution is -2.54. The van der Waals surface area contributed by atoms with Crippen LogP contribution < -0.4 is 19.7 Å². The van der Waals surface area contributed by atoms with Crippen LogP contribution in [0.3, 0.4) is 0 Å². The molecule has 0 aliphatic carbocycles. The molecule has 1 aliphatic rings. The van der Waals surface area contributed by atoms with Crippen LogP contribution in [-0.4, -0.2) is 43.6 Å². The van der Waals surface area contributed by atoms with Crippen molar-refractivity contribution < 1.29 is 33.4 Å². The summed E-state index contributed by atoms with van der Waals surface area (Å²) in [5, 5.41) is 2.22. The molecule has 0 saturated carbocycles. The van der Waals surface area contributed by atoms with Gasteiger partial charge in [0, 0.05) is 0 Å². The molecule has 1 N–H and O–H groups in total. The molecule has 2 aromatic carbocycles. The van der Waals surface area contributed by atoms with Crippen molar-refractivity contribution in [3.05, 3.63) is 56.7 Å². The number of carbonyl (C=O) groups is 4. The number of nitrogens with zero attached hydrogens (tertiary/aromatic N) is 1. The zero-order valence-electron chi connectivity index (χ0n) is 19.6. The van der Waals surface area contributed by atoms with Gasteiger partial charge >= 0.3 is 12.0 Å². The normalized spacial score (nSPS) is 14.7. The standard InChI is InChI=1S/C25H25IN2O7/c1-4-15-7-9-17(10-8-15)28-24(31)18(23(30)27-25(28)32)11-16-12-19(26)22(20(13-16)33-5-2)35-14-21(29)34-6-3/h7-13H,4-6,14H2,1-3H3,(H,27,30,32)/b18-11-. The Morgan fingerprint density at radius 2 is 1.74 bits per heavy atom. The minimum atomic E-state index is -0.811. The molecule has 1 saturated heterocycles. The lowest BCUT2D eigenvalue weighted by Gasteiger charge is -2.26. The Balaban J connectivity index is 1.94. The highest BCUT2D eigenvalue weighted by Crippen LogP contribution is 2.35. The maximum Gasteiger partial charge on any atom is 0.344 e. The first-order valence-electron chi connectivity index (χ1n) is 11.0. The van der Waals surface area contributed by atoms with Gasteiger partial charge in [-0.15, -0.1) is 0 Å². The first-order valence-corrected chi connectivity index (χ1v) is 12.1. The van der Waals surface area contributed by atoms with E-state index in [0.29, 0.717) is 32.9 Å². The van der Waals surface area contributed by atoms with E-state index in [4.69, 9.17) is 14.2 Å². The molecular formula is C25H25IN2O7. The van der Waals surface area contributed by atoms with E-state index in [1.807, 2.05) is 41.6 Å². The van der Waals surface area contributed by atoms with E-state index >= 15 is 0 Å². The second-order valence-corrected chi connectivity index (χ2v) is 8.50. The number of ether oxygens (including phenoxy) is 3. The maximum absolute atomic E-state index is 13.2. The van der Waals surface area contributed by atoms with Crippen LogP contribution in [0.2, 0.25) is 0 Å². The van der Waals surface area contributed by atoms with Gasteiger partial charge in [-0.3, -0.25) is 14.9 Å². The zero-order valence-corrected chi connectivity index (χ0v) is 21.7. The molecule has 0 atom stereocenters. The number of urea groups is 1. The van der Waals surface area contributed by atoms with E-state index in [1.165, 1.54) is 6.08 Å². The molecule has 0 spiro atoms. The van der Waals surface area contributed by atoms with E-state index in [2.05, 4.69) is 5.32 Å². The fraction of sp³-hybridized carbons (Fsp3) is 0.280. The van der Waals surface area contributed by atoms with E-state index in [-0.39, 0.29) is 18.8 Å². The van der Waals surface area contributed by atoms with Crippen molar-refractivity contribution >= 4 is 58.2 Å². The molecule has 1 fully saturated rings. The SMILES string of the molecule is CCOC(=O)COc1c(I)cc(/C=C2/C(=O)NC(=O)N(c3ccc(CC)cc3)C2=O)cc1OCC. The molecule has 1 heterocycles. The quantitative estimate of drug-likeness (QED) is 0.204. The largest absolute Gasteiger partial charge is 0.490 e. The van der Waals surface area contributed by atoms with Crippen molar-refractivity contribution in [2.24, 2.45) is 0 Å². The van der Waals surface area contributed by atoms with Crippen molar-refractivity contribution in [2.45, 2.75) is 27.2 Å². The van der Waals surface area contributed by atoms with Gasteiger partial charge in [0.05, 0.1) is 22.5 Å². The number of aryl methyl sites for hydroxylation is 1. The molecule has 0 unspecified atom stereocenters. The summed E-state index contributed by atoms with van der Waals surface area (Å²) in [6, 6.07) is 9.42. The first kappa shape index (κ1) is 26.2. The molecule has 0 bridgehead atoms.